The normalized spacial score (nSPS) is 28.5. The number of carbonyl (C=O) groups excluding carboxylic acids is 2. The van der Waals surface area contributed by atoms with Crippen molar-refractivity contribution in [2.45, 2.75) is 117 Å². The molecule has 5 atom stereocenters. The number of rotatable bonds is 15. The second-order valence-corrected chi connectivity index (χ2v) is 9.71. The van der Waals surface area contributed by atoms with Gasteiger partial charge in [-0.05, 0) is 46.0 Å². The van der Waals surface area contributed by atoms with Gasteiger partial charge in [-0.3, -0.25) is 14.4 Å². The molecule has 1 aliphatic rings. The number of unbranched alkanes of at least 4 members (excludes halogenated alkanes) is 2. The van der Waals surface area contributed by atoms with Crippen molar-refractivity contribution in [3.05, 3.63) is 0 Å². The molecular weight excluding hydrogens is 410 g/mol. The molecule has 1 rings (SSSR count). The number of nitrogens with zero attached hydrogens (tertiary/aromatic N) is 1. The van der Waals surface area contributed by atoms with Gasteiger partial charge in [-0.15, -0.1) is 0 Å². The van der Waals surface area contributed by atoms with Crippen molar-refractivity contribution in [3.8, 4) is 0 Å². The minimum Gasteiger partial charge on any atom is -0.465 e. The number of aliphatic hydroxyl groups excluding tert-OH is 1. The molecule has 1 aliphatic heterocycles. The van der Waals surface area contributed by atoms with Crippen LogP contribution < -0.4 is 0 Å². The molecule has 0 aromatic carbocycles. The minimum absolute atomic E-state index is 0.114. The summed E-state index contributed by atoms with van der Waals surface area (Å²) in [7, 11) is 0. The Hall–Kier alpha value is -1.02. The van der Waals surface area contributed by atoms with Crippen molar-refractivity contribution in [2.24, 2.45) is 11.8 Å². The lowest BCUT2D eigenvalue weighted by atomic mass is 9.70. The molecule has 1 heterocycles. The van der Waals surface area contributed by atoms with Gasteiger partial charge in [0.15, 0.2) is 6.29 Å². The minimum atomic E-state index is -0.639. The van der Waals surface area contributed by atoms with Gasteiger partial charge < -0.3 is 14.6 Å². The van der Waals surface area contributed by atoms with Crippen LogP contribution >= 0.6 is 0 Å². The van der Waals surface area contributed by atoms with Crippen LogP contribution in [0.25, 0.3) is 0 Å². The fourth-order valence-corrected chi connectivity index (χ4v) is 4.24. The van der Waals surface area contributed by atoms with Crippen LogP contribution in [0.15, 0.2) is 0 Å². The molecule has 1 fully saturated rings. The third kappa shape index (κ3) is 7.51. The Morgan fingerprint density at radius 3 is 2.41 bits per heavy atom. The van der Waals surface area contributed by atoms with Gasteiger partial charge in [0.05, 0.1) is 23.6 Å². The van der Waals surface area contributed by atoms with Gasteiger partial charge >= 0.3 is 5.97 Å². The third-order valence-corrected chi connectivity index (χ3v) is 7.17. The number of hydrogen-bond donors (Lipinski definition) is 1. The number of piperidine rings is 1. The number of Topliss-reactive ketones (excluding diaryl/α,β-unsaturated/α-hetero) is 1. The van der Waals surface area contributed by atoms with Gasteiger partial charge in [-0.25, -0.2) is 0 Å². The molecule has 5 unspecified atom stereocenters. The quantitative estimate of drug-likeness (QED) is 0.218. The van der Waals surface area contributed by atoms with Crippen LogP contribution in [0.4, 0.5) is 0 Å². The molecule has 0 radical (unpaired) electrons. The van der Waals surface area contributed by atoms with E-state index in [9.17, 15) is 9.59 Å². The summed E-state index contributed by atoms with van der Waals surface area (Å²) < 4.78 is 11.5. The topological polar surface area (TPSA) is 85.3 Å². The summed E-state index contributed by atoms with van der Waals surface area (Å²) in [6.45, 7) is 15.1. The predicted octanol–water partition coefficient (Wildman–Crippen LogP) is 4.65. The first kappa shape index (κ1) is 29.0. The van der Waals surface area contributed by atoms with Crippen LogP contribution in [0.1, 0.15) is 99.8 Å². The Balaban J connectivity index is 3.05. The van der Waals surface area contributed by atoms with E-state index in [-0.39, 0.29) is 30.2 Å². The number of esters is 1. The second kappa shape index (κ2) is 13.6. The van der Waals surface area contributed by atoms with Crippen molar-refractivity contribution < 1.29 is 29.0 Å². The Labute approximate surface area is 195 Å². The van der Waals surface area contributed by atoms with Crippen LogP contribution in [-0.4, -0.2) is 59.1 Å². The standard InChI is InChI=1S/C25H47NO6/c1-8-11-15-31-23(29)19(4)17-22(30-16-13-12-14-27)32-26-24(6,9-2)18-21(28)20(5)25(26,7)10-3/h19-20,22,27H,8-18H2,1-7H3. The molecule has 1 N–H and O–H groups in total. The van der Waals surface area contributed by atoms with Crippen molar-refractivity contribution in [1.29, 1.82) is 0 Å². The van der Waals surface area contributed by atoms with Crippen molar-refractivity contribution in [3.63, 3.8) is 0 Å². The smallest absolute Gasteiger partial charge is 0.308 e. The van der Waals surface area contributed by atoms with E-state index in [1.807, 2.05) is 18.9 Å². The van der Waals surface area contributed by atoms with Gasteiger partial charge in [-0.1, -0.05) is 41.0 Å². The van der Waals surface area contributed by atoms with Crippen molar-refractivity contribution in [1.82, 2.24) is 5.06 Å². The van der Waals surface area contributed by atoms with E-state index in [1.54, 1.807) is 0 Å². The average Bonchev–Trinajstić information content (AvgIpc) is 2.77. The fourth-order valence-electron chi connectivity index (χ4n) is 4.24. The summed E-state index contributed by atoms with van der Waals surface area (Å²) in [4.78, 5) is 31.8. The summed E-state index contributed by atoms with van der Waals surface area (Å²) >= 11 is 0. The molecule has 0 saturated carbocycles. The maximum atomic E-state index is 12.8. The summed E-state index contributed by atoms with van der Waals surface area (Å²) in [5, 5.41) is 11.1. The number of ketones is 1. The highest BCUT2D eigenvalue weighted by molar-refractivity contribution is 5.84. The largest absolute Gasteiger partial charge is 0.465 e. The first-order chi connectivity index (χ1) is 15.1. The first-order valence-electron chi connectivity index (χ1n) is 12.5. The summed E-state index contributed by atoms with van der Waals surface area (Å²) in [5.41, 5.74) is -0.927. The molecule has 0 spiro atoms. The molecule has 7 heteroatoms. The molecule has 0 aliphatic carbocycles. The van der Waals surface area contributed by atoms with Crippen molar-refractivity contribution in [2.75, 3.05) is 19.8 Å². The SMILES string of the molecule is CCCCOC(=O)C(C)CC(OCCCCO)ON1C(C)(CC)CC(=O)C(C)C1(C)CC. The molecule has 0 aromatic rings. The molecular formula is C25H47NO6. The lowest BCUT2D eigenvalue weighted by Gasteiger charge is -2.56. The maximum absolute atomic E-state index is 12.8. The highest BCUT2D eigenvalue weighted by Crippen LogP contribution is 2.44. The lowest BCUT2D eigenvalue weighted by Crippen LogP contribution is -2.67. The molecule has 1 saturated heterocycles. The summed E-state index contributed by atoms with van der Waals surface area (Å²) in [6, 6.07) is 0. The highest BCUT2D eigenvalue weighted by Gasteiger charge is 2.54. The summed E-state index contributed by atoms with van der Waals surface area (Å²) in [5.74, 6) is -0.533. The number of aliphatic hydroxyl groups is 1. The summed E-state index contributed by atoms with van der Waals surface area (Å²) in [6.07, 6.45) is 4.83. The van der Waals surface area contributed by atoms with E-state index in [4.69, 9.17) is 19.4 Å². The van der Waals surface area contributed by atoms with Gasteiger partial charge in [0, 0.05) is 32.0 Å². The van der Waals surface area contributed by atoms with E-state index in [1.165, 1.54) is 0 Å². The third-order valence-electron chi connectivity index (χ3n) is 7.17. The van der Waals surface area contributed by atoms with E-state index < -0.39 is 17.4 Å². The zero-order valence-electron chi connectivity index (χ0n) is 21.4. The Morgan fingerprint density at radius 2 is 1.84 bits per heavy atom. The van der Waals surface area contributed by atoms with E-state index in [2.05, 4.69) is 34.6 Å². The molecule has 0 bridgehead atoms. The number of hydrogen-bond acceptors (Lipinski definition) is 7. The number of ether oxygens (including phenoxy) is 2. The number of hydroxylamine groups is 2. The zero-order chi connectivity index (χ0) is 24.4. The monoisotopic (exact) mass is 457 g/mol. The zero-order valence-corrected chi connectivity index (χ0v) is 21.4. The molecule has 0 aromatic heterocycles. The van der Waals surface area contributed by atoms with Gasteiger partial charge in [0.2, 0.25) is 0 Å². The maximum Gasteiger partial charge on any atom is 0.308 e. The van der Waals surface area contributed by atoms with E-state index in [0.29, 0.717) is 38.9 Å². The van der Waals surface area contributed by atoms with E-state index in [0.717, 1.165) is 25.7 Å². The Morgan fingerprint density at radius 1 is 1.16 bits per heavy atom. The Kier molecular flexibility index (Phi) is 12.4. The molecule has 32 heavy (non-hydrogen) atoms. The second-order valence-electron chi connectivity index (χ2n) is 9.71. The van der Waals surface area contributed by atoms with Crippen LogP contribution in [0.5, 0.6) is 0 Å². The van der Waals surface area contributed by atoms with Crippen LogP contribution in [0, 0.1) is 11.8 Å². The Bertz CT molecular complexity index is 585. The number of carbonyl (C=O) groups is 2. The lowest BCUT2D eigenvalue weighted by molar-refractivity contribution is -0.363. The van der Waals surface area contributed by atoms with Crippen molar-refractivity contribution >= 4 is 11.8 Å². The highest BCUT2D eigenvalue weighted by atomic mass is 16.8. The predicted molar refractivity (Wildman–Crippen MR) is 125 cm³/mol. The van der Waals surface area contributed by atoms with E-state index >= 15 is 0 Å². The van der Waals surface area contributed by atoms with Gasteiger partial charge in [0.25, 0.3) is 0 Å². The van der Waals surface area contributed by atoms with Crippen LogP contribution in [0.2, 0.25) is 0 Å². The van der Waals surface area contributed by atoms with Crippen LogP contribution in [-0.2, 0) is 23.9 Å². The molecule has 0 amide bonds. The average molecular weight is 458 g/mol. The van der Waals surface area contributed by atoms with Crippen LogP contribution in [0.3, 0.4) is 0 Å². The molecule has 7 nitrogen and oxygen atoms in total. The van der Waals surface area contributed by atoms with Gasteiger partial charge in [-0.2, -0.15) is 5.06 Å². The molecule has 188 valence electrons. The fraction of sp³-hybridized carbons (Fsp3) is 0.920. The first-order valence-corrected chi connectivity index (χ1v) is 12.5. The van der Waals surface area contributed by atoms with Gasteiger partial charge in [0.1, 0.15) is 5.78 Å².